The van der Waals surface area contributed by atoms with Gasteiger partial charge in [-0.2, -0.15) is 4.98 Å². The Morgan fingerprint density at radius 2 is 1.83 bits per heavy atom. The zero-order valence-corrected chi connectivity index (χ0v) is 17.0. The molecule has 2 aromatic heterocycles. The average Bonchev–Trinajstić information content (AvgIpc) is 3.24. The molecule has 3 aromatic rings. The molecule has 8 nitrogen and oxygen atoms in total. The first kappa shape index (κ1) is 19.1. The van der Waals surface area contributed by atoms with E-state index in [2.05, 4.69) is 14.8 Å². The molecular formula is C21H20N5O3S-. The third kappa shape index (κ3) is 3.55. The lowest BCUT2D eigenvalue weighted by molar-refractivity contribution is 0.122. The highest BCUT2D eigenvalue weighted by molar-refractivity contribution is 7.79. The molecule has 1 saturated heterocycles. The fourth-order valence-electron chi connectivity index (χ4n) is 3.91. The zero-order valence-electron chi connectivity index (χ0n) is 16.2. The Balaban J connectivity index is 1.66. The van der Waals surface area contributed by atoms with Crippen molar-refractivity contribution in [1.82, 2.24) is 15.0 Å². The Labute approximate surface area is 176 Å². The number of anilines is 3. The summed E-state index contributed by atoms with van der Waals surface area (Å²) in [5, 5.41) is 0. The first-order valence-corrected chi connectivity index (χ1v) is 10.9. The van der Waals surface area contributed by atoms with Gasteiger partial charge in [0.25, 0.3) is 0 Å². The van der Waals surface area contributed by atoms with Crippen LogP contribution in [0.25, 0.3) is 11.3 Å². The van der Waals surface area contributed by atoms with Gasteiger partial charge in [0.1, 0.15) is 5.82 Å². The van der Waals surface area contributed by atoms with E-state index in [0.717, 1.165) is 54.4 Å². The minimum Gasteiger partial charge on any atom is -0.768 e. The van der Waals surface area contributed by atoms with E-state index in [9.17, 15) is 8.76 Å². The third-order valence-electron chi connectivity index (χ3n) is 5.38. The molecule has 9 heteroatoms. The van der Waals surface area contributed by atoms with Crippen molar-refractivity contribution < 1.29 is 13.5 Å². The van der Waals surface area contributed by atoms with Gasteiger partial charge in [-0.25, -0.2) is 4.98 Å². The lowest BCUT2D eigenvalue weighted by atomic mass is 10.1. The van der Waals surface area contributed by atoms with Crippen LogP contribution in [-0.2, 0) is 22.2 Å². The largest absolute Gasteiger partial charge is 0.768 e. The second-order valence-electron chi connectivity index (χ2n) is 7.14. The molecule has 154 valence electrons. The van der Waals surface area contributed by atoms with Crippen LogP contribution >= 0.6 is 0 Å². The maximum Gasteiger partial charge on any atom is 0.228 e. The summed E-state index contributed by atoms with van der Waals surface area (Å²) in [5.74, 6) is 1.50. The summed E-state index contributed by atoms with van der Waals surface area (Å²) < 4.78 is 28.5. The number of rotatable bonds is 4. The molecule has 1 aromatic carbocycles. The lowest BCUT2D eigenvalue weighted by Gasteiger charge is -2.28. The zero-order chi connectivity index (χ0) is 20.5. The van der Waals surface area contributed by atoms with Crippen molar-refractivity contribution in [1.29, 1.82) is 0 Å². The van der Waals surface area contributed by atoms with Crippen LogP contribution in [0.3, 0.4) is 0 Å². The standard InChI is InChI=1S/C21H21N5O3S/c27-30(28)17-3-1-2-15(14-17)19-18-6-9-26(16-4-7-22-8-5-16)20(18)24-21(23-19)25-10-12-29-13-11-25/h1-5,7-8,14H,6,9-13H2,(H,27,28)/p-1. The van der Waals surface area contributed by atoms with Crippen molar-refractivity contribution in [2.24, 2.45) is 0 Å². The van der Waals surface area contributed by atoms with Crippen LogP contribution in [0.1, 0.15) is 5.56 Å². The minimum absolute atomic E-state index is 0.247. The second-order valence-corrected chi connectivity index (χ2v) is 8.08. The Hall–Kier alpha value is -2.88. The first-order valence-electron chi connectivity index (χ1n) is 9.81. The van der Waals surface area contributed by atoms with Crippen molar-refractivity contribution in [3.8, 4) is 11.3 Å². The highest BCUT2D eigenvalue weighted by Crippen LogP contribution is 2.39. The predicted molar refractivity (Wildman–Crippen MR) is 113 cm³/mol. The number of hydrogen-bond donors (Lipinski definition) is 0. The number of hydrogen-bond acceptors (Lipinski definition) is 8. The number of morpholine rings is 1. The molecule has 30 heavy (non-hydrogen) atoms. The molecule has 1 fully saturated rings. The van der Waals surface area contributed by atoms with E-state index in [1.54, 1.807) is 30.6 Å². The maximum atomic E-state index is 11.5. The molecule has 2 aliphatic rings. The molecule has 2 aliphatic heterocycles. The van der Waals surface area contributed by atoms with E-state index in [-0.39, 0.29) is 4.90 Å². The smallest absolute Gasteiger partial charge is 0.228 e. The van der Waals surface area contributed by atoms with Crippen molar-refractivity contribution in [2.45, 2.75) is 11.3 Å². The molecule has 1 unspecified atom stereocenters. The van der Waals surface area contributed by atoms with E-state index < -0.39 is 11.1 Å². The quantitative estimate of drug-likeness (QED) is 0.591. The fourth-order valence-corrected chi connectivity index (χ4v) is 4.32. The van der Waals surface area contributed by atoms with E-state index in [0.29, 0.717) is 19.2 Å². The Morgan fingerprint density at radius 3 is 2.60 bits per heavy atom. The van der Waals surface area contributed by atoms with Gasteiger partial charge in [-0.05, 0) is 41.8 Å². The van der Waals surface area contributed by atoms with Gasteiger partial charge in [-0.15, -0.1) is 0 Å². The summed E-state index contributed by atoms with van der Waals surface area (Å²) in [7, 11) is 0. The summed E-state index contributed by atoms with van der Waals surface area (Å²) in [5.41, 5.74) is 3.61. The monoisotopic (exact) mass is 422 g/mol. The van der Waals surface area contributed by atoms with Gasteiger partial charge in [0, 0.05) is 53.7 Å². The summed E-state index contributed by atoms with van der Waals surface area (Å²) >= 11 is -2.30. The Bertz CT molecular complexity index is 1090. The number of fused-ring (bicyclic) bond motifs is 1. The van der Waals surface area contributed by atoms with Crippen molar-refractivity contribution in [2.75, 3.05) is 42.6 Å². The normalized spacial score (nSPS) is 17.1. The van der Waals surface area contributed by atoms with E-state index in [4.69, 9.17) is 14.7 Å². The Morgan fingerprint density at radius 1 is 1.03 bits per heavy atom. The van der Waals surface area contributed by atoms with Gasteiger partial charge < -0.3 is 19.1 Å². The fraction of sp³-hybridized carbons (Fsp3) is 0.286. The lowest BCUT2D eigenvalue weighted by Crippen LogP contribution is -2.37. The van der Waals surface area contributed by atoms with Crippen LogP contribution in [0.4, 0.5) is 17.5 Å². The van der Waals surface area contributed by atoms with Crippen LogP contribution in [0.2, 0.25) is 0 Å². The van der Waals surface area contributed by atoms with E-state index in [1.165, 1.54) is 0 Å². The van der Waals surface area contributed by atoms with Gasteiger partial charge in [-0.3, -0.25) is 9.19 Å². The summed E-state index contributed by atoms with van der Waals surface area (Å²) in [4.78, 5) is 18.5. The SMILES string of the molecule is O=S([O-])c1cccc(-c2nc(N3CCOCC3)nc3c2CCN3c2ccncc2)c1. The number of benzene rings is 1. The summed E-state index contributed by atoms with van der Waals surface area (Å²) in [6.45, 7) is 3.49. The molecule has 0 saturated carbocycles. The summed E-state index contributed by atoms with van der Waals surface area (Å²) in [6.07, 6.45) is 4.32. The predicted octanol–water partition coefficient (Wildman–Crippen LogP) is 2.31. The number of ether oxygens (including phenoxy) is 1. The van der Waals surface area contributed by atoms with Crippen LogP contribution in [0.15, 0.2) is 53.7 Å². The molecule has 0 bridgehead atoms. The molecule has 0 radical (unpaired) electrons. The Kier molecular flexibility index (Phi) is 5.16. The van der Waals surface area contributed by atoms with Crippen LogP contribution in [0.5, 0.6) is 0 Å². The molecule has 0 spiro atoms. The molecule has 1 atom stereocenters. The van der Waals surface area contributed by atoms with Crippen molar-refractivity contribution >= 4 is 28.5 Å². The van der Waals surface area contributed by atoms with E-state index in [1.807, 2.05) is 18.2 Å². The highest BCUT2D eigenvalue weighted by atomic mass is 32.2. The van der Waals surface area contributed by atoms with Gasteiger partial charge in [-0.1, -0.05) is 12.1 Å². The number of pyridine rings is 1. The molecule has 0 aliphatic carbocycles. The molecular weight excluding hydrogens is 402 g/mol. The number of nitrogens with zero attached hydrogens (tertiary/aromatic N) is 5. The molecule has 5 rings (SSSR count). The van der Waals surface area contributed by atoms with Gasteiger partial charge >= 0.3 is 0 Å². The van der Waals surface area contributed by atoms with Gasteiger partial charge in [0.05, 0.1) is 18.9 Å². The summed E-state index contributed by atoms with van der Waals surface area (Å²) in [6, 6.07) is 10.8. The first-order chi connectivity index (χ1) is 14.7. The second kappa shape index (κ2) is 8.10. The van der Waals surface area contributed by atoms with E-state index >= 15 is 0 Å². The molecule has 0 N–H and O–H groups in total. The highest BCUT2D eigenvalue weighted by Gasteiger charge is 2.29. The maximum absolute atomic E-state index is 11.5. The van der Waals surface area contributed by atoms with Crippen LogP contribution in [0, 0.1) is 0 Å². The number of aromatic nitrogens is 3. The topological polar surface area (TPSA) is 94.5 Å². The van der Waals surface area contributed by atoms with Crippen LogP contribution in [-0.4, -0.2) is 56.6 Å². The van der Waals surface area contributed by atoms with Gasteiger partial charge in [0.15, 0.2) is 0 Å². The van der Waals surface area contributed by atoms with Gasteiger partial charge in [0.2, 0.25) is 5.95 Å². The molecule has 0 amide bonds. The van der Waals surface area contributed by atoms with Crippen molar-refractivity contribution in [3.05, 3.63) is 54.4 Å². The van der Waals surface area contributed by atoms with Crippen molar-refractivity contribution in [3.63, 3.8) is 0 Å². The third-order valence-corrected chi connectivity index (χ3v) is 6.02. The average molecular weight is 422 g/mol. The molecule has 4 heterocycles. The van der Waals surface area contributed by atoms with Crippen LogP contribution < -0.4 is 9.80 Å². The minimum atomic E-state index is -2.30.